The van der Waals surface area contributed by atoms with Crippen LogP contribution in [0.5, 0.6) is 5.75 Å². The van der Waals surface area contributed by atoms with Crippen LogP contribution >= 0.6 is 11.8 Å². The van der Waals surface area contributed by atoms with Gasteiger partial charge < -0.3 is 4.74 Å². The van der Waals surface area contributed by atoms with Crippen molar-refractivity contribution in [2.45, 2.75) is 23.6 Å². The van der Waals surface area contributed by atoms with Gasteiger partial charge in [0.1, 0.15) is 5.75 Å². The average molecular weight is 423 g/mol. The Balaban J connectivity index is 1.43. The second kappa shape index (κ2) is 7.47. The van der Waals surface area contributed by atoms with E-state index in [-0.39, 0.29) is 12.3 Å². The van der Waals surface area contributed by atoms with E-state index in [4.69, 9.17) is 9.84 Å². The van der Waals surface area contributed by atoms with Crippen molar-refractivity contribution >= 4 is 28.2 Å². The van der Waals surface area contributed by atoms with Crippen molar-refractivity contribution < 1.29 is 4.74 Å². The van der Waals surface area contributed by atoms with E-state index >= 15 is 0 Å². The van der Waals surface area contributed by atoms with Crippen LogP contribution in [0.4, 0.5) is 0 Å². The van der Waals surface area contributed by atoms with Gasteiger partial charge in [0.25, 0.3) is 0 Å². The number of nitrogens with zero attached hydrogens (tertiary/aromatic N) is 2. The number of hydrazone groups is 1. The molecular weight excluding hydrogens is 400 g/mol. The van der Waals surface area contributed by atoms with Crippen LogP contribution in [0, 0.1) is 0 Å². The molecule has 0 aromatic heterocycles. The third-order valence-corrected chi connectivity index (χ3v) is 6.93. The van der Waals surface area contributed by atoms with Gasteiger partial charge in [0.2, 0.25) is 6.23 Å². The van der Waals surface area contributed by atoms with E-state index in [0.29, 0.717) is 0 Å². The van der Waals surface area contributed by atoms with E-state index in [1.807, 2.05) is 6.07 Å². The first-order chi connectivity index (χ1) is 15.3. The molecular formula is C27H22N2OS. The van der Waals surface area contributed by atoms with Crippen molar-refractivity contribution in [3.05, 3.63) is 108 Å². The van der Waals surface area contributed by atoms with Crippen molar-refractivity contribution in [3.8, 4) is 5.75 Å². The van der Waals surface area contributed by atoms with E-state index in [2.05, 4.69) is 96.2 Å². The lowest BCUT2D eigenvalue weighted by Gasteiger charge is -2.38. The summed E-state index contributed by atoms with van der Waals surface area (Å²) in [7, 11) is 0. The van der Waals surface area contributed by atoms with Crippen LogP contribution in [-0.2, 0) is 0 Å². The van der Waals surface area contributed by atoms with Gasteiger partial charge in [0.15, 0.2) is 0 Å². The number of benzene rings is 4. The third-order valence-electron chi connectivity index (χ3n) is 6.18. The minimum absolute atomic E-state index is 0.177. The molecule has 0 bridgehead atoms. The number of hydrogen-bond donors (Lipinski definition) is 0. The summed E-state index contributed by atoms with van der Waals surface area (Å²) >= 11 is 1.75. The Morgan fingerprint density at radius 3 is 2.48 bits per heavy atom. The zero-order valence-corrected chi connectivity index (χ0v) is 18.0. The van der Waals surface area contributed by atoms with Crippen LogP contribution in [0.25, 0.3) is 10.8 Å². The molecule has 2 aliphatic heterocycles. The topological polar surface area (TPSA) is 24.8 Å². The van der Waals surface area contributed by atoms with Crippen molar-refractivity contribution in [1.82, 2.24) is 5.01 Å². The fraction of sp³-hybridized carbons (Fsp3) is 0.148. The standard InChI is InChI=1S/C27H22N2OS/c1-31-22-14-12-19(13-15-22)27-29-25(23-8-4-5-9-26(23)30-27)17-24(28-29)21-11-10-18-6-2-3-7-20(18)16-21/h2-16,25,27H,17H2,1H3/t25-,27-/m0/s1. The number of ether oxygens (including phenoxy) is 1. The molecule has 3 nitrogen and oxygen atoms in total. The molecule has 2 heterocycles. The largest absolute Gasteiger partial charge is 0.464 e. The molecule has 2 atom stereocenters. The second-order valence-corrected chi connectivity index (χ2v) is 8.87. The maximum atomic E-state index is 6.47. The minimum Gasteiger partial charge on any atom is -0.464 e. The summed E-state index contributed by atoms with van der Waals surface area (Å²) in [4.78, 5) is 1.25. The van der Waals surface area contributed by atoms with Crippen LogP contribution in [0.2, 0.25) is 0 Å². The van der Waals surface area contributed by atoms with Crippen molar-refractivity contribution in [3.63, 3.8) is 0 Å². The van der Waals surface area contributed by atoms with Crippen molar-refractivity contribution in [2.24, 2.45) is 5.10 Å². The van der Waals surface area contributed by atoms with Crippen molar-refractivity contribution in [1.29, 1.82) is 0 Å². The summed E-state index contributed by atoms with van der Waals surface area (Å²) in [5.74, 6) is 0.956. The number of fused-ring (bicyclic) bond motifs is 4. The van der Waals surface area contributed by atoms with Crippen molar-refractivity contribution in [2.75, 3.05) is 6.26 Å². The lowest BCUT2D eigenvalue weighted by molar-refractivity contribution is -0.0190. The highest BCUT2D eigenvalue weighted by Crippen LogP contribution is 2.47. The van der Waals surface area contributed by atoms with Crippen LogP contribution in [0.1, 0.15) is 35.4 Å². The Labute approximate surface area is 186 Å². The predicted molar refractivity (Wildman–Crippen MR) is 128 cm³/mol. The molecule has 152 valence electrons. The van der Waals surface area contributed by atoms with Crippen LogP contribution < -0.4 is 4.74 Å². The molecule has 0 unspecified atom stereocenters. The van der Waals surface area contributed by atoms with Gasteiger partial charge in [0.05, 0.1) is 11.8 Å². The normalized spacial score (nSPS) is 19.5. The maximum absolute atomic E-state index is 6.47. The number of rotatable bonds is 3. The van der Waals surface area contributed by atoms with E-state index in [1.165, 1.54) is 26.8 Å². The van der Waals surface area contributed by atoms with Gasteiger partial charge in [-0.25, -0.2) is 5.01 Å². The summed E-state index contributed by atoms with van der Waals surface area (Å²) in [6.07, 6.45) is 2.74. The summed E-state index contributed by atoms with van der Waals surface area (Å²) in [6.45, 7) is 0. The highest BCUT2D eigenvalue weighted by Gasteiger charge is 2.40. The summed E-state index contributed by atoms with van der Waals surface area (Å²) in [6, 6.07) is 32.3. The zero-order chi connectivity index (χ0) is 20.8. The van der Waals surface area contributed by atoms with Gasteiger partial charge in [-0.1, -0.05) is 66.7 Å². The van der Waals surface area contributed by atoms with E-state index in [1.54, 1.807) is 11.8 Å². The maximum Gasteiger partial charge on any atom is 0.213 e. The van der Waals surface area contributed by atoms with Crippen LogP contribution in [0.3, 0.4) is 0 Å². The fourth-order valence-electron chi connectivity index (χ4n) is 4.57. The monoisotopic (exact) mass is 422 g/mol. The molecule has 4 aromatic rings. The Morgan fingerprint density at radius 2 is 1.65 bits per heavy atom. The van der Waals surface area contributed by atoms with Gasteiger partial charge in [0, 0.05) is 22.4 Å². The smallest absolute Gasteiger partial charge is 0.213 e. The fourth-order valence-corrected chi connectivity index (χ4v) is 4.97. The molecule has 0 saturated heterocycles. The molecule has 0 N–H and O–H groups in total. The Morgan fingerprint density at radius 1 is 0.871 bits per heavy atom. The Bertz CT molecular complexity index is 1300. The molecule has 0 saturated carbocycles. The predicted octanol–water partition coefficient (Wildman–Crippen LogP) is 6.80. The molecule has 31 heavy (non-hydrogen) atoms. The summed E-state index contributed by atoms with van der Waals surface area (Å²) < 4.78 is 6.47. The molecule has 6 rings (SSSR count). The molecule has 0 radical (unpaired) electrons. The highest BCUT2D eigenvalue weighted by atomic mass is 32.2. The van der Waals surface area contributed by atoms with Gasteiger partial charge in [-0.3, -0.25) is 0 Å². The first-order valence-corrected chi connectivity index (χ1v) is 11.8. The average Bonchev–Trinajstić information content (AvgIpc) is 3.29. The van der Waals surface area contributed by atoms with E-state index in [9.17, 15) is 0 Å². The highest BCUT2D eigenvalue weighted by molar-refractivity contribution is 7.98. The lowest BCUT2D eigenvalue weighted by Crippen LogP contribution is -2.33. The second-order valence-electron chi connectivity index (χ2n) is 7.99. The van der Waals surface area contributed by atoms with Gasteiger partial charge in [-0.05, 0) is 46.9 Å². The van der Waals surface area contributed by atoms with Crippen LogP contribution in [-0.4, -0.2) is 17.0 Å². The lowest BCUT2D eigenvalue weighted by atomic mass is 9.95. The van der Waals surface area contributed by atoms with Gasteiger partial charge in [-0.2, -0.15) is 5.10 Å². The number of thioether (sulfide) groups is 1. The van der Waals surface area contributed by atoms with Gasteiger partial charge >= 0.3 is 0 Å². The third kappa shape index (κ3) is 3.19. The van der Waals surface area contributed by atoms with Crippen LogP contribution in [0.15, 0.2) is 101 Å². The summed E-state index contributed by atoms with van der Waals surface area (Å²) in [5.41, 5.74) is 4.63. The minimum atomic E-state index is -0.228. The summed E-state index contributed by atoms with van der Waals surface area (Å²) in [5, 5.41) is 9.76. The molecule has 0 spiro atoms. The molecule has 2 aliphatic rings. The molecule has 0 amide bonds. The Hall–Kier alpha value is -3.24. The number of para-hydroxylation sites is 1. The quantitative estimate of drug-likeness (QED) is 0.339. The van der Waals surface area contributed by atoms with Gasteiger partial charge in [-0.15, -0.1) is 11.8 Å². The molecule has 0 fully saturated rings. The molecule has 0 aliphatic carbocycles. The van der Waals surface area contributed by atoms with E-state index < -0.39 is 0 Å². The molecule has 4 heteroatoms. The zero-order valence-electron chi connectivity index (χ0n) is 17.2. The number of hydrogen-bond acceptors (Lipinski definition) is 4. The first kappa shape index (κ1) is 18.5. The SMILES string of the molecule is CSc1ccc([C@@H]2Oc3ccccc3[C@@H]3CC(c4ccc5ccccc5c4)=NN32)cc1. The van der Waals surface area contributed by atoms with E-state index in [0.717, 1.165) is 23.4 Å². The Kier molecular flexibility index (Phi) is 4.46. The first-order valence-electron chi connectivity index (χ1n) is 10.5. The molecule has 4 aromatic carbocycles.